The number of ether oxygens (including phenoxy) is 1. The predicted octanol–water partition coefficient (Wildman–Crippen LogP) is 2.34. The molecule has 0 amide bonds. The van der Waals surface area contributed by atoms with Crippen LogP contribution in [-0.2, 0) is 4.74 Å². The lowest BCUT2D eigenvalue weighted by Gasteiger charge is -2.16. The second-order valence-electron chi connectivity index (χ2n) is 5.41. The summed E-state index contributed by atoms with van der Waals surface area (Å²) in [4.78, 5) is 4.20. The summed E-state index contributed by atoms with van der Waals surface area (Å²) in [6, 6.07) is 0.332. The molecule has 0 radical (unpaired) electrons. The van der Waals surface area contributed by atoms with E-state index in [0.29, 0.717) is 12.1 Å². The van der Waals surface area contributed by atoms with E-state index in [4.69, 9.17) is 4.74 Å². The van der Waals surface area contributed by atoms with E-state index in [-0.39, 0.29) is 0 Å². The molecule has 2 aromatic heterocycles. The lowest BCUT2D eigenvalue weighted by Crippen LogP contribution is -2.17. The molecule has 2 unspecified atom stereocenters. The Morgan fingerprint density at radius 2 is 2.45 bits per heavy atom. The Labute approximate surface area is 119 Å². The summed E-state index contributed by atoms with van der Waals surface area (Å²) in [6.45, 7) is 0.944. The van der Waals surface area contributed by atoms with Crippen molar-refractivity contribution in [1.82, 2.24) is 19.9 Å². The molecular weight excluding hydrogens is 252 g/mol. The molecule has 0 bridgehead atoms. The highest BCUT2D eigenvalue weighted by atomic mass is 16.5. The van der Waals surface area contributed by atoms with Crippen molar-refractivity contribution < 1.29 is 4.74 Å². The highest BCUT2D eigenvalue weighted by molar-refractivity contribution is 5.53. The van der Waals surface area contributed by atoms with Gasteiger partial charge in [0.15, 0.2) is 0 Å². The Hall–Kier alpha value is -1.46. The minimum absolute atomic E-state index is 0.332. The van der Waals surface area contributed by atoms with Crippen molar-refractivity contribution in [2.45, 2.75) is 44.2 Å². The number of hydrogen-bond donors (Lipinski definition) is 1. The average Bonchev–Trinajstić information content (AvgIpc) is 3.13. The molecule has 3 heterocycles. The molecule has 1 fully saturated rings. The highest BCUT2D eigenvalue weighted by Gasteiger charge is 2.18. The fourth-order valence-corrected chi connectivity index (χ4v) is 3.00. The quantitative estimate of drug-likeness (QED) is 0.878. The molecule has 1 N–H and O–H groups in total. The third-order valence-electron chi connectivity index (χ3n) is 4.12. The van der Waals surface area contributed by atoms with Crippen LogP contribution in [0.4, 0.5) is 0 Å². The Morgan fingerprint density at radius 1 is 1.50 bits per heavy atom. The Bertz CT molecular complexity index is 548. The van der Waals surface area contributed by atoms with E-state index >= 15 is 0 Å². The van der Waals surface area contributed by atoms with Crippen molar-refractivity contribution in [3.8, 4) is 0 Å². The molecule has 0 spiro atoms. The number of hydrogen-bond acceptors (Lipinski definition) is 4. The lowest BCUT2D eigenvalue weighted by molar-refractivity contribution is 0.101. The minimum Gasteiger partial charge on any atom is -0.378 e. The maximum Gasteiger partial charge on any atom is 0.0892 e. The zero-order valence-corrected chi connectivity index (χ0v) is 12.0. The normalized spacial score (nSPS) is 20.6. The van der Waals surface area contributed by atoms with Gasteiger partial charge in [-0.1, -0.05) is 0 Å². The molecule has 0 saturated carbocycles. The fraction of sp³-hybridized carbons (Fsp3) is 0.600. The molecule has 20 heavy (non-hydrogen) atoms. The first-order valence-electron chi connectivity index (χ1n) is 7.44. The van der Waals surface area contributed by atoms with Crippen molar-refractivity contribution in [3.63, 3.8) is 0 Å². The molecular formula is C15H22N4O. The van der Waals surface area contributed by atoms with Gasteiger partial charge in [0.25, 0.3) is 0 Å². The second kappa shape index (κ2) is 6.33. The first-order chi connectivity index (χ1) is 9.88. The van der Waals surface area contributed by atoms with E-state index in [9.17, 15) is 0 Å². The Balaban J connectivity index is 1.63. The van der Waals surface area contributed by atoms with E-state index in [1.807, 2.05) is 30.2 Å². The Morgan fingerprint density at radius 3 is 3.25 bits per heavy atom. The summed E-state index contributed by atoms with van der Waals surface area (Å²) >= 11 is 0. The third kappa shape index (κ3) is 2.83. The van der Waals surface area contributed by atoms with Crippen molar-refractivity contribution in [2.24, 2.45) is 0 Å². The van der Waals surface area contributed by atoms with Gasteiger partial charge in [-0.15, -0.1) is 0 Å². The van der Waals surface area contributed by atoms with Gasteiger partial charge >= 0.3 is 0 Å². The van der Waals surface area contributed by atoms with E-state index < -0.39 is 0 Å². The topological polar surface area (TPSA) is 51.5 Å². The maximum atomic E-state index is 5.68. The summed E-state index contributed by atoms with van der Waals surface area (Å²) in [7, 11) is 2.01. The largest absolute Gasteiger partial charge is 0.378 e. The van der Waals surface area contributed by atoms with Crippen molar-refractivity contribution >= 4 is 5.52 Å². The summed E-state index contributed by atoms with van der Waals surface area (Å²) in [5.41, 5.74) is 2.32. The van der Waals surface area contributed by atoms with Gasteiger partial charge in [0.05, 0.1) is 24.0 Å². The lowest BCUT2D eigenvalue weighted by atomic mass is 10.0. The van der Waals surface area contributed by atoms with E-state index in [1.165, 1.54) is 24.8 Å². The smallest absolute Gasteiger partial charge is 0.0892 e. The number of nitrogens with one attached hydrogen (secondary N) is 1. The van der Waals surface area contributed by atoms with Gasteiger partial charge in [-0.3, -0.25) is 4.98 Å². The Kier molecular flexibility index (Phi) is 4.28. The van der Waals surface area contributed by atoms with Gasteiger partial charge < -0.3 is 10.1 Å². The average molecular weight is 274 g/mol. The van der Waals surface area contributed by atoms with Crippen LogP contribution in [0.5, 0.6) is 0 Å². The SMILES string of the molecule is CNC(CCCC1CCCO1)c1cnn2ccncc12. The van der Waals surface area contributed by atoms with Gasteiger partial charge in [-0.25, -0.2) is 4.52 Å². The number of fused-ring (bicyclic) bond motifs is 1. The number of aromatic nitrogens is 3. The van der Waals surface area contributed by atoms with Crippen molar-refractivity contribution in [3.05, 3.63) is 30.4 Å². The van der Waals surface area contributed by atoms with Gasteiger partial charge in [-0.05, 0) is 39.2 Å². The van der Waals surface area contributed by atoms with Crippen LogP contribution in [0, 0.1) is 0 Å². The van der Waals surface area contributed by atoms with Crippen LogP contribution in [0.2, 0.25) is 0 Å². The monoisotopic (exact) mass is 274 g/mol. The van der Waals surface area contributed by atoms with Gasteiger partial charge in [0.1, 0.15) is 0 Å². The highest BCUT2D eigenvalue weighted by Crippen LogP contribution is 2.25. The number of nitrogens with zero attached hydrogens (tertiary/aromatic N) is 3. The molecule has 1 saturated heterocycles. The standard InChI is InChI=1S/C15H22N4O/c1-16-14(6-2-4-12-5-3-9-20-12)13-10-18-19-8-7-17-11-15(13)19/h7-8,10-12,14,16H,2-6,9H2,1H3. The molecule has 2 aromatic rings. The maximum absolute atomic E-state index is 5.68. The van der Waals surface area contributed by atoms with Crippen LogP contribution in [-0.4, -0.2) is 34.4 Å². The molecule has 2 atom stereocenters. The summed E-state index contributed by atoms with van der Waals surface area (Å²) < 4.78 is 7.56. The fourth-order valence-electron chi connectivity index (χ4n) is 3.00. The van der Waals surface area contributed by atoms with Crippen LogP contribution in [0.15, 0.2) is 24.8 Å². The van der Waals surface area contributed by atoms with Crippen molar-refractivity contribution in [1.29, 1.82) is 0 Å². The molecule has 0 aromatic carbocycles. The van der Waals surface area contributed by atoms with Crippen LogP contribution in [0.25, 0.3) is 5.52 Å². The van der Waals surface area contributed by atoms with Crippen LogP contribution in [0.1, 0.15) is 43.7 Å². The molecule has 3 rings (SSSR count). The molecule has 0 aliphatic carbocycles. The zero-order valence-electron chi connectivity index (χ0n) is 12.0. The molecule has 108 valence electrons. The third-order valence-corrected chi connectivity index (χ3v) is 4.12. The minimum atomic E-state index is 0.332. The molecule has 5 heteroatoms. The van der Waals surface area contributed by atoms with Crippen molar-refractivity contribution in [2.75, 3.05) is 13.7 Å². The molecule has 1 aliphatic heterocycles. The van der Waals surface area contributed by atoms with E-state index in [2.05, 4.69) is 15.4 Å². The first-order valence-corrected chi connectivity index (χ1v) is 7.44. The zero-order chi connectivity index (χ0) is 13.8. The number of rotatable bonds is 6. The van der Waals surface area contributed by atoms with E-state index in [1.54, 1.807) is 6.20 Å². The molecule has 5 nitrogen and oxygen atoms in total. The predicted molar refractivity (Wildman–Crippen MR) is 77.6 cm³/mol. The van der Waals surface area contributed by atoms with E-state index in [0.717, 1.165) is 25.0 Å². The summed E-state index contributed by atoms with van der Waals surface area (Å²) in [5, 5.41) is 7.79. The second-order valence-corrected chi connectivity index (χ2v) is 5.41. The summed E-state index contributed by atoms with van der Waals surface area (Å²) in [6.07, 6.45) is 13.9. The van der Waals surface area contributed by atoms with Crippen LogP contribution >= 0.6 is 0 Å². The van der Waals surface area contributed by atoms with Gasteiger partial charge in [0.2, 0.25) is 0 Å². The van der Waals surface area contributed by atoms with Crippen LogP contribution in [0.3, 0.4) is 0 Å². The summed E-state index contributed by atoms with van der Waals surface area (Å²) in [5.74, 6) is 0. The van der Waals surface area contributed by atoms with Crippen LogP contribution < -0.4 is 5.32 Å². The van der Waals surface area contributed by atoms with Gasteiger partial charge in [0, 0.05) is 30.6 Å². The van der Waals surface area contributed by atoms with Gasteiger partial charge in [-0.2, -0.15) is 5.10 Å². The molecule has 1 aliphatic rings. The first kappa shape index (κ1) is 13.5.